The fourth-order valence-electron chi connectivity index (χ4n) is 2.02. The highest BCUT2D eigenvalue weighted by Gasteiger charge is 2.08. The van der Waals surface area contributed by atoms with Crippen molar-refractivity contribution in [3.63, 3.8) is 0 Å². The van der Waals surface area contributed by atoms with Gasteiger partial charge in [0.25, 0.3) is 11.1 Å². The average Bonchev–Trinajstić information content (AvgIpc) is 2.64. The monoisotopic (exact) mass is 388 g/mol. The van der Waals surface area contributed by atoms with E-state index >= 15 is 0 Å². The van der Waals surface area contributed by atoms with Crippen molar-refractivity contribution in [2.45, 2.75) is 35.7 Å². The minimum atomic E-state index is -0.228. The van der Waals surface area contributed by atoms with Gasteiger partial charge in [0.15, 0.2) is 10.3 Å². The molecule has 2 N–H and O–H groups in total. The molecule has 0 unspecified atom stereocenters. The summed E-state index contributed by atoms with van der Waals surface area (Å²) in [6.07, 6.45) is 0. The topological polar surface area (TPSA) is 117 Å². The number of nitrogens with zero attached hydrogens (tertiary/aromatic N) is 4. The van der Waals surface area contributed by atoms with Gasteiger partial charge in [0, 0.05) is 11.5 Å². The van der Waals surface area contributed by atoms with Crippen LogP contribution in [0.4, 0.5) is 0 Å². The molecular weight excluding hydrogens is 372 g/mol. The Labute approximate surface area is 157 Å². The van der Waals surface area contributed by atoms with Crippen LogP contribution in [-0.4, -0.2) is 30.4 Å². The summed E-state index contributed by atoms with van der Waals surface area (Å²) >= 11 is 2.82. The van der Waals surface area contributed by atoms with Crippen LogP contribution in [0.15, 0.2) is 44.2 Å². The first kappa shape index (κ1) is 18.3. The zero-order valence-electron chi connectivity index (χ0n) is 14.1. The van der Waals surface area contributed by atoms with E-state index in [-0.39, 0.29) is 11.1 Å². The molecule has 0 spiro atoms. The Bertz CT molecular complexity index is 951. The highest BCUT2D eigenvalue weighted by Crippen LogP contribution is 2.25. The second kappa shape index (κ2) is 8.28. The van der Waals surface area contributed by atoms with Crippen molar-refractivity contribution in [1.29, 1.82) is 0 Å². The van der Waals surface area contributed by atoms with Gasteiger partial charge in [0.2, 0.25) is 0 Å². The molecular formula is C16H16N6O2S2. The Morgan fingerprint density at radius 2 is 1.19 bits per heavy atom. The van der Waals surface area contributed by atoms with Gasteiger partial charge in [-0.1, -0.05) is 47.8 Å². The summed E-state index contributed by atoms with van der Waals surface area (Å²) in [5, 5.41) is 16.6. The number of aromatic nitrogens is 6. The fourth-order valence-corrected chi connectivity index (χ4v) is 3.69. The van der Waals surface area contributed by atoms with Crippen LogP contribution in [0.1, 0.15) is 22.5 Å². The van der Waals surface area contributed by atoms with Crippen LogP contribution in [0.25, 0.3) is 0 Å². The molecule has 0 saturated carbocycles. The van der Waals surface area contributed by atoms with Gasteiger partial charge in [0.1, 0.15) is 11.4 Å². The molecule has 0 aliphatic rings. The van der Waals surface area contributed by atoms with Crippen LogP contribution >= 0.6 is 23.5 Å². The summed E-state index contributed by atoms with van der Waals surface area (Å²) in [6, 6.07) is 7.96. The molecule has 134 valence electrons. The Hall–Kier alpha value is -2.46. The van der Waals surface area contributed by atoms with Gasteiger partial charge in [-0.3, -0.25) is 19.6 Å². The number of aromatic amines is 2. The van der Waals surface area contributed by atoms with Gasteiger partial charge in [-0.15, -0.1) is 20.4 Å². The Morgan fingerprint density at radius 1 is 0.769 bits per heavy atom. The lowest BCUT2D eigenvalue weighted by molar-refractivity contribution is 0.789. The predicted molar refractivity (Wildman–Crippen MR) is 100 cm³/mol. The first-order chi connectivity index (χ1) is 12.5. The highest BCUT2D eigenvalue weighted by atomic mass is 32.2. The van der Waals surface area contributed by atoms with Crippen molar-refractivity contribution in [2.75, 3.05) is 0 Å². The van der Waals surface area contributed by atoms with Crippen LogP contribution in [0.2, 0.25) is 0 Å². The summed E-state index contributed by atoms with van der Waals surface area (Å²) in [6.45, 7) is 3.23. The van der Waals surface area contributed by atoms with E-state index < -0.39 is 0 Å². The number of benzene rings is 1. The lowest BCUT2D eigenvalue weighted by Gasteiger charge is -2.08. The minimum absolute atomic E-state index is 0.228. The van der Waals surface area contributed by atoms with Crippen molar-refractivity contribution < 1.29 is 0 Å². The van der Waals surface area contributed by atoms with E-state index in [0.717, 1.165) is 11.1 Å². The summed E-state index contributed by atoms with van der Waals surface area (Å²) in [5.74, 6) is 1.28. The molecule has 0 aliphatic carbocycles. The maximum atomic E-state index is 11.6. The molecule has 3 rings (SSSR count). The van der Waals surface area contributed by atoms with Gasteiger partial charge in [-0.2, -0.15) is 0 Å². The van der Waals surface area contributed by atoms with Crippen LogP contribution in [0.5, 0.6) is 0 Å². The first-order valence-electron chi connectivity index (χ1n) is 7.72. The second-order valence-electron chi connectivity index (χ2n) is 5.44. The van der Waals surface area contributed by atoms with Crippen molar-refractivity contribution in [2.24, 2.45) is 0 Å². The summed E-state index contributed by atoms with van der Waals surface area (Å²) in [5.41, 5.74) is 2.45. The number of thioether (sulfide) groups is 2. The van der Waals surface area contributed by atoms with Gasteiger partial charge in [-0.05, 0) is 25.0 Å². The summed E-state index contributed by atoms with van der Waals surface area (Å²) < 4.78 is 0. The molecule has 1 aromatic carbocycles. The number of hydrogen-bond acceptors (Lipinski definition) is 8. The molecule has 26 heavy (non-hydrogen) atoms. The van der Waals surface area contributed by atoms with Gasteiger partial charge in [0.05, 0.1) is 0 Å². The Balaban J connectivity index is 1.69. The van der Waals surface area contributed by atoms with E-state index in [4.69, 9.17) is 0 Å². The van der Waals surface area contributed by atoms with Crippen LogP contribution in [0.3, 0.4) is 0 Å². The van der Waals surface area contributed by atoms with Crippen molar-refractivity contribution in [1.82, 2.24) is 30.4 Å². The lowest BCUT2D eigenvalue weighted by Crippen LogP contribution is -2.14. The summed E-state index contributed by atoms with van der Waals surface area (Å²) in [7, 11) is 0. The highest BCUT2D eigenvalue weighted by molar-refractivity contribution is 7.98. The minimum Gasteiger partial charge on any atom is -0.298 e. The van der Waals surface area contributed by atoms with Crippen molar-refractivity contribution in [3.8, 4) is 0 Å². The number of H-pyrrole nitrogens is 2. The SMILES string of the molecule is Cc1nnc(SCc2ccccc2CSc2nnc(C)c(=O)[nH]2)[nH]c1=O. The quantitative estimate of drug-likeness (QED) is 0.614. The lowest BCUT2D eigenvalue weighted by atomic mass is 10.1. The molecule has 0 amide bonds. The van der Waals surface area contributed by atoms with E-state index in [9.17, 15) is 9.59 Å². The first-order valence-corrected chi connectivity index (χ1v) is 9.69. The van der Waals surface area contributed by atoms with Crippen molar-refractivity contribution in [3.05, 3.63) is 67.5 Å². The van der Waals surface area contributed by atoms with E-state index in [2.05, 4.69) is 30.4 Å². The van der Waals surface area contributed by atoms with Gasteiger partial charge < -0.3 is 0 Å². The molecule has 0 aliphatic heterocycles. The Morgan fingerprint density at radius 3 is 1.58 bits per heavy atom. The fraction of sp³-hybridized carbons (Fsp3) is 0.250. The zero-order chi connectivity index (χ0) is 18.5. The van der Waals surface area contributed by atoms with Crippen molar-refractivity contribution >= 4 is 23.5 Å². The molecule has 0 bridgehead atoms. The third-order valence-corrected chi connectivity index (χ3v) is 5.35. The largest absolute Gasteiger partial charge is 0.298 e. The number of hydrogen-bond donors (Lipinski definition) is 2. The zero-order valence-corrected chi connectivity index (χ0v) is 15.8. The molecule has 0 atom stereocenters. The predicted octanol–water partition coefficient (Wildman–Crippen LogP) is 1.84. The van der Waals surface area contributed by atoms with Gasteiger partial charge in [-0.25, -0.2) is 0 Å². The molecule has 2 aromatic heterocycles. The molecule has 10 heteroatoms. The third-order valence-electron chi connectivity index (χ3n) is 3.53. The van der Waals surface area contributed by atoms with E-state index in [1.54, 1.807) is 13.8 Å². The second-order valence-corrected chi connectivity index (χ2v) is 7.36. The number of aryl methyl sites for hydroxylation is 2. The third kappa shape index (κ3) is 4.58. The standard InChI is InChI=1S/C16H16N6O2S2/c1-9-13(23)17-15(21-19-9)25-7-11-5-3-4-6-12(11)8-26-16-18-14(24)10(2)20-22-16/h3-6H,7-8H2,1-2H3,(H,17,21,23)(H,18,22,24). The van der Waals surface area contributed by atoms with Crippen LogP contribution in [0, 0.1) is 13.8 Å². The van der Waals surface area contributed by atoms with E-state index in [1.165, 1.54) is 23.5 Å². The molecule has 3 aromatic rings. The molecule has 8 nitrogen and oxygen atoms in total. The van der Waals surface area contributed by atoms with Gasteiger partial charge >= 0.3 is 0 Å². The number of nitrogens with one attached hydrogen (secondary N) is 2. The summed E-state index contributed by atoms with van der Waals surface area (Å²) in [4.78, 5) is 28.6. The van der Waals surface area contributed by atoms with E-state index in [0.29, 0.717) is 33.2 Å². The molecule has 0 radical (unpaired) electrons. The smallest absolute Gasteiger partial charge is 0.273 e. The number of rotatable bonds is 6. The molecule has 0 fully saturated rings. The molecule has 2 heterocycles. The van der Waals surface area contributed by atoms with Crippen LogP contribution in [-0.2, 0) is 11.5 Å². The molecule has 0 saturated heterocycles. The van der Waals surface area contributed by atoms with Crippen LogP contribution < -0.4 is 11.1 Å². The van der Waals surface area contributed by atoms with E-state index in [1.807, 2.05) is 24.3 Å². The normalized spacial score (nSPS) is 10.8. The maximum absolute atomic E-state index is 11.6. The Kier molecular flexibility index (Phi) is 5.84. The maximum Gasteiger partial charge on any atom is 0.273 e. The average molecular weight is 388 g/mol.